The number of amidine groups is 1. The number of rotatable bonds is 2. The van der Waals surface area contributed by atoms with E-state index in [9.17, 15) is 0 Å². The van der Waals surface area contributed by atoms with E-state index in [2.05, 4.69) is 136 Å². The number of hydrazone groups is 1. The summed E-state index contributed by atoms with van der Waals surface area (Å²) in [6, 6.07) is 38.5. The molecule has 4 aliphatic rings. The van der Waals surface area contributed by atoms with E-state index in [1.54, 1.807) is 12.4 Å². The van der Waals surface area contributed by atoms with E-state index in [0.717, 1.165) is 51.2 Å². The molecule has 0 aliphatic carbocycles. The van der Waals surface area contributed by atoms with Crippen LogP contribution in [0, 0.1) is 5.92 Å². The van der Waals surface area contributed by atoms with Crippen LogP contribution in [0.1, 0.15) is 22.6 Å². The van der Waals surface area contributed by atoms with Crippen molar-refractivity contribution in [2.24, 2.45) is 11.0 Å². The summed E-state index contributed by atoms with van der Waals surface area (Å²) in [5.41, 5.74) is 7.88. The molecule has 0 N–H and O–H groups in total. The highest BCUT2D eigenvalue weighted by molar-refractivity contribution is 6.13. The highest BCUT2D eigenvalue weighted by atomic mass is 15.6. The molecular formula is C36H29N7. The third-order valence-electron chi connectivity index (χ3n) is 9.37. The van der Waals surface area contributed by atoms with Gasteiger partial charge in [0.1, 0.15) is 12.3 Å². The minimum Gasteiger partial charge on any atom is -0.335 e. The molecule has 208 valence electrons. The van der Waals surface area contributed by atoms with Gasteiger partial charge in [-0.15, -0.1) is 0 Å². The molecule has 0 amide bonds. The molecule has 0 spiro atoms. The van der Waals surface area contributed by atoms with Gasteiger partial charge in [-0.1, -0.05) is 91.5 Å². The van der Waals surface area contributed by atoms with Crippen molar-refractivity contribution < 1.29 is 0 Å². The molecule has 1 aromatic heterocycles. The van der Waals surface area contributed by atoms with Gasteiger partial charge in [0.05, 0.1) is 11.6 Å². The van der Waals surface area contributed by atoms with Crippen LogP contribution in [-0.2, 0) is 0 Å². The number of hydrogen-bond donors (Lipinski definition) is 0. The monoisotopic (exact) mass is 559 g/mol. The summed E-state index contributed by atoms with van der Waals surface area (Å²) in [5, 5.41) is 7.73. The van der Waals surface area contributed by atoms with Crippen molar-refractivity contribution >= 4 is 40.1 Å². The van der Waals surface area contributed by atoms with Gasteiger partial charge in [-0.3, -0.25) is 0 Å². The normalized spacial score (nSPS) is 23.0. The van der Waals surface area contributed by atoms with E-state index in [4.69, 9.17) is 21.6 Å². The second-order valence-electron chi connectivity index (χ2n) is 11.5. The van der Waals surface area contributed by atoms with Crippen molar-refractivity contribution in [1.29, 1.82) is 0 Å². The van der Waals surface area contributed by atoms with E-state index >= 15 is 0 Å². The average Bonchev–Trinajstić information content (AvgIpc) is 3.58. The van der Waals surface area contributed by atoms with Gasteiger partial charge < -0.3 is 14.7 Å². The Hall–Kier alpha value is -5.43. The van der Waals surface area contributed by atoms with E-state index in [1.165, 1.54) is 5.56 Å². The fraction of sp³-hybridized carbons (Fsp3) is 0.139. The quantitative estimate of drug-likeness (QED) is 0.236. The lowest BCUT2D eigenvalue weighted by Crippen LogP contribution is -2.60. The minimum atomic E-state index is -0.166. The zero-order chi connectivity index (χ0) is 28.7. The lowest BCUT2D eigenvalue weighted by molar-refractivity contribution is 0.318. The highest BCUT2D eigenvalue weighted by Gasteiger charge is 2.58. The second kappa shape index (κ2) is 9.03. The Balaban J connectivity index is 1.36. The number of allylic oxidation sites excluding steroid dienone is 1. The molecule has 0 radical (unpaired) electrons. The summed E-state index contributed by atoms with van der Waals surface area (Å²) in [6.07, 6.45) is 3.34. The smallest absolute Gasteiger partial charge is 0.178 e. The number of hydrogen-bond acceptors (Lipinski definition) is 7. The summed E-state index contributed by atoms with van der Waals surface area (Å²) >= 11 is 0. The molecule has 5 heterocycles. The largest absolute Gasteiger partial charge is 0.335 e. The summed E-state index contributed by atoms with van der Waals surface area (Å²) in [6.45, 7) is 4.83. The highest BCUT2D eigenvalue weighted by Crippen LogP contribution is 2.60. The molecule has 4 aromatic carbocycles. The Labute approximate surface area is 250 Å². The lowest BCUT2D eigenvalue weighted by atomic mass is 9.72. The van der Waals surface area contributed by atoms with Crippen LogP contribution in [-0.4, -0.2) is 35.2 Å². The molecule has 0 fully saturated rings. The lowest BCUT2D eigenvalue weighted by Gasteiger charge is -2.50. The van der Waals surface area contributed by atoms with Crippen LogP contribution in [0.2, 0.25) is 0 Å². The van der Waals surface area contributed by atoms with Crippen LogP contribution in [0.15, 0.2) is 133 Å². The van der Waals surface area contributed by atoms with Crippen molar-refractivity contribution in [1.82, 2.24) is 9.97 Å². The molecule has 4 aliphatic heterocycles. The molecule has 4 atom stereocenters. The van der Waals surface area contributed by atoms with Gasteiger partial charge >= 0.3 is 0 Å². The molecule has 43 heavy (non-hydrogen) atoms. The van der Waals surface area contributed by atoms with Gasteiger partial charge in [-0.25, -0.2) is 15.0 Å². The standard InChI is InChI=1S/C36H29N7/c1-23-26-17-9-12-20-29(26)43-36(41(25-15-7-4-8-16-25)32(39-43)24-13-5-3-6-14-24)31-30(23)27-18-10-11-19-28(27)42-34-33(37-21-22-38-34)40(2)35(31)42/h3-22,30-31,35-36H,1H2,2H3. The number of benzene rings is 4. The minimum absolute atomic E-state index is 0.000897. The number of nitrogens with zero attached hydrogens (tertiary/aromatic N) is 7. The van der Waals surface area contributed by atoms with Gasteiger partial charge in [0.15, 0.2) is 17.5 Å². The Morgan fingerprint density at radius 3 is 2.09 bits per heavy atom. The van der Waals surface area contributed by atoms with Crippen LogP contribution in [0.25, 0.3) is 5.57 Å². The molecule has 5 aromatic rings. The van der Waals surface area contributed by atoms with E-state index in [-0.39, 0.29) is 24.2 Å². The molecule has 9 rings (SSSR count). The Morgan fingerprint density at radius 1 is 0.651 bits per heavy atom. The van der Waals surface area contributed by atoms with Crippen molar-refractivity contribution in [2.75, 3.05) is 26.8 Å². The van der Waals surface area contributed by atoms with Gasteiger partial charge in [-0.05, 0) is 35.4 Å². The molecule has 0 bridgehead atoms. The Morgan fingerprint density at radius 2 is 1.30 bits per heavy atom. The van der Waals surface area contributed by atoms with E-state index < -0.39 is 0 Å². The third kappa shape index (κ3) is 3.27. The zero-order valence-electron chi connectivity index (χ0n) is 23.7. The number of aromatic nitrogens is 2. The van der Waals surface area contributed by atoms with Gasteiger partial charge in [0.25, 0.3) is 0 Å². The SMILES string of the molecule is C=C1c2ccccc2N2N=C(c3ccccc3)N(c3ccccc3)C2C2C1c1ccccc1N1c3nccnc3N(C)C21. The first-order valence-corrected chi connectivity index (χ1v) is 14.7. The van der Waals surface area contributed by atoms with E-state index in [1.807, 2.05) is 0 Å². The number of fused-ring (bicyclic) bond motifs is 12. The maximum Gasteiger partial charge on any atom is 0.178 e. The van der Waals surface area contributed by atoms with Crippen LogP contribution >= 0.6 is 0 Å². The van der Waals surface area contributed by atoms with E-state index in [0.29, 0.717) is 0 Å². The van der Waals surface area contributed by atoms with Crippen LogP contribution in [0.5, 0.6) is 0 Å². The first kappa shape index (κ1) is 24.2. The molecule has 0 saturated carbocycles. The zero-order valence-corrected chi connectivity index (χ0v) is 23.7. The molecule has 7 nitrogen and oxygen atoms in total. The fourth-order valence-corrected chi connectivity index (χ4v) is 7.68. The summed E-state index contributed by atoms with van der Waals surface area (Å²) in [4.78, 5) is 16.8. The van der Waals surface area contributed by atoms with Gasteiger partial charge in [-0.2, -0.15) is 5.10 Å². The van der Waals surface area contributed by atoms with Crippen LogP contribution in [0.3, 0.4) is 0 Å². The summed E-state index contributed by atoms with van der Waals surface area (Å²) in [5.74, 6) is 2.71. The molecule has 7 heteroatoms. The maximum absolute atomic E-state index is 5.48. The maximum atomic E-state index is 5.48. The number of para-hydroxylation sites is 3. The molecular weight excluding hydrogens is 530 g/mol. The van der Waals surface area contributed by atoms with Crippen molar-refractivity contribution in [3.63, 3.8) is 0 Å². The molecule has 0 saturated heterocycles. The van der Waals surface area contributed by atoms with Gasteiger partial charge in [0, 0.05) is 47.9 Å². The van der Waals surface area contributed by atoms with Crippen molar-refractivity contribution in [2.45, 2.75) is 18.2 Å². The van der Waals surface area contributed by atoms with Crippen molar-refractivity contribution in [3.8, 4) is 0 Å². The fourth-order valence-electron chi connectivity index (χ4n) is 7.68. The second-order valence-corrected chi connectivity index (χ2v) is 11.5. The number of anilines is 5. The summed E-state index contributed by atoms with van der Waals surface area (Å²) in [7, 11) is 2.15. The average molecular weight is 560 g/mol. The van der Waals surface area contributed by atoms with Crippen LogP contribution in [0.4, 0.5) is 28.7 Å². The van der Waals surface area contributed by atoms with Gasteiger partial charge in [0.2, 0.25) is 0 Å². The predicted molar refractivity (Wildman–Crippen MR) is 173 cm³/mol. The Kier molecular flexibility index (Phi) is 5.08. The van der Waals surface area contributed by atoms with Crippen molar-refractivity contribution in [3.05, 3.63) is 145 Å². The van der Waals surface area contributed by atoms with Crippen LogP contribution < -0.4 is 19.7 Å². The Bertz CT molecular complexity index is 1920. The molecule has 4 unspecified atom stereocenters. The third-order valence-corrected chi connectivity index (χ3v) is 9.37. The topological polar surface area (TPSA) is 51.1 Å². The summed E-state index contributed by atoms with van der Waals surface area (Å²) < 4.78 is 0. The first-order valence-electron chi connectivity index (χ1n) is 14.7. The predicted octanol–water partition coefficient (Wildman–Crippen LogP) is 6.85. The first-order chi connectivity index (χ1) is 21.2.